The fourth-order valence-electron chi connectivity index (χ4n) is 3.05. The van der Waals surface area contributed by atoms with Crippen molar-refractivity contribution >= 4 is 17.5 Å². The van der Waals surface area contributed by atoms with Gasteiger partial charge in [-0.3, -0.25) is 4.79 Å². The number of amides is 1. The maximum atomic E-state index is 13.9. The molecule has 1 aliphatic rings. The molecule has 2 aromatic carbocycles. The van der Waals surface area contributed by atoms with Crippen LogP contribution in [0.25, 0.3) is 0 Å². The van der Waals surface area contributed by atoms with Crippen molar-refractivity contribution in [3.63, 3.8) is 0 Å². The van der Waals surface area contributed by atoms with Crippen LogP contribution in [0.3, 0.4) is 0 Å². The highest BCUT2D eigenvalue weighted by molar-refractivity contribution is 6.30. The predicted molar refractivity (Wildman–Crippen MR) is 96.4 cm³/mol. The number of halogens is 2. The summed E-state index contributed by atoms with van der Waals surface area (Å²) in [7, 11) is 0. The number of ether oxygens (including phenoxy) is 1. The minimum Gasteiger partial charge on any atom is -0.376 e. The molecule has 0 aliphatic carbocycles. The highest BCUT2D eigenvalue weighted by atomic mass is 35.5. The minimum atomic E-state index is -0.579. The van der Waals surface area contributed by atoms with Crippen molar-refractivity contribution in [2.24, 2.45) is 0 Å². The number of hydrogen-bond donors (Lipinski definition) is 0. The Bertz CT molecular complexity index is 723. The van der Waals surface area contributed by atoms with Crippen LogP contribution in [-0.2, 0) is 11.2 Å². The molecule has 25 heavy (non-hydrogen) atoms. The zero-order valence-electron chi connectivity index (χ0n) is 14.0. The molecule has 1 aliphatic heterocycles. The first-order chi connectivity index (χ1) is 12.1. The highest BCUT2D eigenvalue weighted by Gasteiger charge is 2.28. The molecule has 2 aromatic rings. The van der Waals surface area contributed by atoms with E-state index < -0.39 is 5.82 Å². The third-order valence-electron chi connectivity index (χ3n) is 4.40. The summed E-state index contributed by atoms with van der Waals surface area (Å²) < 4.78 is 19.8. The topological polar surface area (TPSA) is 29.5 Å². The van der Waals surface area contributed by atoms with Gasteiger partial charge in [-0.2, -0.15) is 0 Å². The Morgan fingerprint density at radius 2 is 2.04 bits per heavy atom. The predicted octanol–water partition coefficient (Wildman–Crippen LogP) is 4.34. The van der Waals surface area contributed by atoms with E-state index in [9.17, 15) is 9.18 Å². The summed E-state index contributed by atoms with van der Waals surface area (Å²) in [4.78, 5) is 14.1. The zero-order chi connectivity index (χ0) is 17.6. The molecule has 0 radical (unpaired) electrons. The summed E-state index contributed by atoms with van der Waals surface area (Å²) in [6.45, 7) is 1.76. The van der Waals surface area contributed by atoms with Gasteiger partial charge in [0.25, 0.3) is 5.91 Å². The van der Waals surface area contributed by atoms with Gasteiger partial charge in [-0.15, -0.1) is 0 Å². The van der Waals surface area contributed by atoms with Crippen LogP contribution in [0.2, 0.25) is 5.02 Å². The normalized spacial score (nSPS) is 17.0. The molecule has 5 heteroatoms. The lowest BCUT2D eigenvalue weighted by Crippen LogP contribution is -2.30. The Morgan fingerprint density at radius 3 is 2.80 bits per heavy atom. The van der Waals surface area contributed by atoms with E-state index in [1.807, 2.05) is 18.2 Å². The average molecular weight is 362 g/mol. The van der Waals surface area contributed by atoms with Crippen molar-refractivity contribution < 1.29 is 13.9 Å². The summed E-state index contributed by atoms with van der Waals surface area (Å²) in [6.07, 6.45) is 2.73. The van der Waals surface area contributed by atoms with E-state index in [1.54, 1.807) is 4.90 Å². The van der Waals surface area contributed by atoms with E-state index >= 15 is 0 Å². The molecule has 0 bridgehead atoms. The molecule has 0 spiro atoms. The van der Waals surface area contributed by atoms with Gasteiger partial charge in [-0.25, -0.2) is 4.39 Å². The molecule has 3 rings (SSSR count). The van der Waals surface area contributed by atoms with Gasteiger partial charge >= 0.3 is 0 Å². The van der Waals surface area contributed by atoms with Gasteiger partial charge in [0.15, 0.2) is 0 Å². The van der Waals surface area contributed by atoms with E-state index in [0.717, 1.165) is 19.3 Å². The summed E-state index contributed by atoms with van der Waals surface area (Å²) in [5.41, 5.74) is 1.36. The zero-order valence-corrected chi connectivity index (χ0v) is 14.7. The van der Waals surface area contributed by atoms with E-state index in [-0.39, 0.29) is 22.6 Å². The highest BCUT2D eigenvalue weighted by Crippen LogP contribution is 2.20. The van der Waals surface area contributed by atoms with Crippen LogP contribution in [0.1, 0.15) is 28.8 Å². The Labute approximate surface area is 152 Å². The first-order valence-electron chi connectivity index (χ1n) is 8.53. The molecule has 0 aromatic heterocycles. The van der Waals surface area contributed by atoms with Crippen molar-refractivity contribution in [2.45, 2.75) is 25.4 Å². The van der Waals surface area contributed by atoms with Crippen molar-refractivity contribution in [2.75, 3.05) is 19.7 Å². The SMILES string of the molecule is O=C(c1ccc(Cl)cc1F)N1CCC(OCCCc2ccccc2)C1. The Kier molecular flexibility index (Phi) is 6.05. The maximum absolute atomic E-state index is 13.9. The van der Waals surface area contributed by atoms with Crippen molar-refractivity contribution in [1.82, 2.24) is 4.90 Å². The molecule has 1 fully saturated rings. The lowest BCUT2D eigenvalue weighted by Gasteiger charge is -2.17. The van der Waals surface area contributed by atoms with Gasteiger partial charge in [-0.05, 0) is 43.0 Å². The number of aryl methyl sites for hydroxylation is 1. The number of rotatable bonds is 6. The molecule has 0 saturated carbocycles. The van der Waals surface area contributed by atoms with Gasteiger partial charge < -0.3 is 9.64 Å². The molecule has 1 heterocycles. The number of carbonyl (C=O) groups is 1. The molecule has 1 atom stereocenters. The van der Waals surface area contributed by atoms with E-state index in [4.69, 9.17) is 16.3 Å². The number of carbonyl (C=O) groups excluding carboxylic acids is 1. The maximum Gasteiger partial charge on any atom is 0.256 e. The number of nitrogens with zero attached hydrogens (tertiary/aromatic N) is 1. The van der Waals surface area contributed by atoms with Crippen LogP contribution in [-0.4, -0.2) is 36.6 Å². The molecular formula is C20H21ClFNO2. The summed E-state index contributed by atoms with van der Waals surface area (Å²) in [5, 5.41) is 0.287. The lowest BCUT2D eigenvalue weighted by atomic mass is 10.1. The second kappa shape index (κ2) is 8.45. The number of likely N-dealkylation sites (tertiary alicyclic amines) is 1. The van der Waals surface area contributed by atoms with Gasteiger partial charge in [0, 0.05) is 24.7 Å². The van der Waals surface area contributed by atoms with Gasteiger partial charge in [-0.1, -0.05) is 41.9 Å². The molecule has 1 amide bonds. The quantitative estimate of drug-likeness (QED) is 0.716. The molecule has 1 saturated heterocycles. The molecule has 132 valence electrons. The lowest BCUT2D eigenvalue weighted by molar-refractivity contribution is 0.0523. The van der Waals surface area contributed by atoms with Crippen molar-refractivity contribution in [3.05, 3.63) is 70.5 Å². The van der Waals surface area contributed by atoms with E-state index in [2.05, 4.69) is 12.1 Å². The summed E-state index contributed by atoms with van der Waals surface area (Å²) >= 11 is 5.73. The van der Waals surface area contributed by atoms with Gasteiger partial charge in [0.05, 0.1) is 11.7 Å². The fourth-order valence-corrected chi connectivity index (χ4v) is 3.21. The average Bonchev–Trinajstić information content (AvgIpc) is 3.08. The largest absolute Gasteiger partial charge is 0.376 e. The summed E-state index contributed by atoms with van der Waals surface area (Å²) in [6, 6.07) is 14.4. The fraction of sp³-hybridized carbons (Fsp3) is 0.350. The van der Waals surface area contributed by atoms with Crippen molar-refractivity contribution in [3.8, 4) is 0 Å². The van der Waals surface area contributed by atoms with Crippen LogP contribution in [0, 0.1) is 5.82 Å². The van der Waals surface area contributed by atoms with Gasteiger partial charge in [0.2, 0.25) is 0 Å². The molecule has 0 N–H and O–H groups in total. The smallest absolute Gasteiger partial charge is 0.256 e. The third kappa shape index (κ3) is 4.80. The molecular weight excluding hydrogens is 341 g/mol. The monoisotopic (exact) mass is 361 g/mol. The molecule has 3 nitrogen and oxygen atoms in total. The van der Waals surface area contributed by atoms with Crippen LogP contribution in [0.4, 0.5) is 4.39 Å². The standard InChI is InChI=1S/C20H21ClFNO2/c21-16-8-9-18(19(22)13-16)20(24)23-11-10-17(14-23)25-12-4-7-15-5-2-1-3-6-15/h1-3,5-6,8-9,13,17H,4,7,10-12,14H2. The Hall–Kier alpha value is -1.91. The van der Waals surface area contributed by atoms with Crippen LogP contribution < -0.4 is 0 Å². The first-order valence-corrected chi connectivity index (χ1v) is 8.91. The second-order valence-corrected chi connectivity index (χ2v) is 6.68. The second-order valence-electron chi connectivity index (χ2n) is 6.25. The van der Waals surface area contributed by atoms with Gasteiger partial charge in [0.1, 0.15) is 5.82 Å². The first kappa shape index (κ1) is 17.9. The minimum absolute atomic E-state index is 0.0232. The number of hydrogen-bond acceptors (Lipinski definition) is 2. The van der Waals surface area contributed by atoms with Crippen molar-refractivity contribution in [1.29, 1.82) is 0 Å². The summed E-state index contributed by atoms with van der Waals surface area (Å²) in [5.74, 6) is -0.880. The molecule has 1 unspecified atom stereocenters. The third-order valence-corrected chi connectivity index (χ3v) is 4.64. The van der Waals surface area contributed by atoms with Crippen LogP contribution in [0.5, 0.6) is 0 Å². The van der Waals surface area contributed by atoms with E-state index in [1.165, 1.54) is 23.8 Å². The van der Waals surface area contributed by atoms with Crippen LogP contribution in [0.15, 0.2) is 48.5 Å². The Balaban J connectivity index is 1.44. The Morgan fingerprint density at radius 1 is 1.24 bits per heavy atom. The van der Waals surface area contributed by atoms with E-state index in [0.29, 0.717) is 19.7 Å². The van der Waals surface area contributed by atoms with Crippen LogP contribution >= 0.6 is 11.6 Å². The number of benzene rings is 2.